The van der Waals surface area contributed by atoms with E-state index in [0.29, 0.717) is 30.0 Å². The maximum atomic E-state index is 12.3. The SMILES string of the molecule is CCONC(=O)c1ccc(C)c(Nc2nc(N[C@@H]3CCNC3)nc(N(C)CC(C)(C)C)n2)c1. The molecule has 0 unspecified atom stereocenters. The van der Waals surface area contributed by atoms with Crippen molar-refractivity contribution in [3.05, 3.63) is 29.3 Å². The largest absolute Gasteiger partial charge is 0.350 e. The van der Waals surface area contributed by atoms with Crippen molar-refractivity contribution in [1.29, 1.82) is 0 Å². The lowest BCUT2D eigenvalue weighted by atomic mass is 9.96. The van der Waals surface area contributed by atoms with Crippen LogP contribution in [0.4, 0.5) is 23.5 Å². The van der Waals surface area contributed by atoms with E-state index in [1.54, 1.807) is 12.1 Å². The number of hydrogen-bond acceptors (Lipinski definition) is 9. The van der Waals surface area contributed by atoms with Crippen molar-refractivity contribution < 1.29 is 9.63 Å². The topological polar surface area (TPSA) is 116 Å². The maximum absolute atomic E-state index is 12.3. The average molecular weight is 457 g/mol. The minimum atomic E-state index is -0.308. The normalized spacial score (nSPS) is 15.9. The summed E-state index contributed by atoms with van der Waals surface area (Å²) in [5, 5.41) is 10.0. The average Bonchev–Trinajstić information content (AvgIpc) is 3.25. The summed E-state index contributed by atoms with van der Waals surface area (Å²) in [5.74, 6) is 1.22. The van der Waals surface area contributed by atoms with Crippen molar-refractivity contribution >= 4 is 29.4 Å². The Labute approximate surface area is 195 Å². The highest BCUT2D eigenvalue weighted by Crippen LogP contribution is 2.24. The van der Waals surface area contributed by atoms with E-state index >= 15 is 0 Å². The Bertz CT molecular complexity index is 954. The molecule has 4 N–H and O–H groups in total. The highest BCUT2D eigenvalue weighted by Gasteiger charge is 2.20. The third kappa shape index (κ3) is 7.26. The fourth-order valence-corrected chi connectivity index (χ4v) is 3.61. The number of aromatic nitrogens is 3. The molecule has 0 aliphatic carbocycles. The smallest absolute Gasteiger partial charge is 0.274 e. The van der Waals surface area contributed by atoms with E-state index in [2.05, 4.69) is 57.2 Å². The van der Waals surface area contributed by atoms with Crippen LogP contribution < -0.4 is 26.3 Å². The Morgan fingerprint density at radius 2 is 2.00 bits per heavy atom. The van der Waals surface area contributed by atoms with E-state index in [4.69, 9.17) is 4.84 Å². The number of nitrogens with one attached hydrogen (secondary N) is 4. The molecule has 1 aliphatic rings. The van der Waals surface area contributed by atoms with Gasteiger partial charge in [0.15, 0.2) is 0 Å². The van der Waals surface area contributed by atoms with Crippen LogP contribution in [0.25, 0.3) is 0 Å². The van der Waals surface area contributed by atoms with Crippen LogP contribution in [0.15, 0.2) is 18.2 Å². The van der Waals surface area contributed by atoms with Gasteiger partial charge in [-0.25, -0.2) is 5.48 Å². The number of amides is 1. The van der Waals surface area contributed by atoms with Crippen LogP contribution in [0.5, 0.6) is 0 Å². The number of benzene rings is 1. The van der Waals surface area contributed by atoms with Gasteiger partial charge >= 0.3 is 0 Å². The Morgan fingerprint density at radius 3 is 2.67 bits per heavy atom. The zero-order chi connectivity index (χ0) is 24.0. The van der Waals surface area contributed by atoms with Crippen molar-refractivity contribution in [2.45, 2.75) is 47.1 Å². The highest BCUT2D eigenvalue weighted by molar-refractivity contribution is 5.94. The molecule has 10 nitrogen and oxygen atoms in total. The van der Waals surface area contributed by atoms with Gasteiger partial charge in [0, 0.05) is 37.4 Å². The van der Waals surface area contributed by atoms with E-state index < -0.39 is 0 Å². The third-order valence-corrected chi connectivity index (χ3v) is 5.13. The van der Waals surface area contributed by atoms with Crippen LogP contribution in [0.2, 0.25) is 0 Å². The molecule has 10 heteroatoms. The Kier molecular flexibility index (Phi) is 8.04. The lowest BCUT2D eigenvalue weighted by Gasteiger charge is -2.27. The molecule has 2 aromatic rings. The Morgan fingerprint density at radius 1 is 1.24 bits per heavy atom. The van der Waals surface area contributed by atoms with Crippen LogP contribution in [-0.2, 0) is 4.84 Å². The van der Waals surface area contributed by atoms with Crippen LogP contribution in [0, 0.1) is 12.3 Å². The number of hydrogen-bond donors (Lipinski definition) is 4. The predicted octanol–water partition coefficient (Wildman–Crippen LogP) is 2.86. The number of nitrogens with zero attached hydrogens (tertiary/aromatic N) is 4. The van der Waals surface area contributed by atoms with Gasteiger partial charge in [-0.15, -0.1) is 0 Å². The quantitative estimate of drug-likeness (QED) is 0.423. The van der Waals surface area contributed by atoms with Crippen LogP contribution in [0.1, 0.15) is 50.0 Å². The summed E-state index contributed by atoms with van der Waals surface area (Å²) in [6.45, 7) is 13.3. The van der Waals surface area contributed by atoms with Gasteiger partial charge in [-0.05, 0) is 49.9 Å². The molecule has 0 saturated carbocycles. The van der Waals surface area contributed by atoms with Gasteiger partial charge in [-0.1, -0.05) is 26.8 Å². The lowest BCUT2D eigenvalue weighted by molar-refractivity contribution is 0.0364. The molecule has 1 aliphatic heterocycles. The first-order valence-electron chi connectivity index (χ1n) is 11.4. The molecule has 1 aromatic carbocycles. The van der Waals surface area contributed by atoms with Crippen molar-refractivity contribution in [3.8, 4) is 0 Å². The molecule has 1 atom stereocenters. The summed E-state index contributed by atoms with van der Waals surface area (Å²) < 4.78 is 0. The maximum Gasteiger partial charge on any atom is 0.274 e. The molecule has 3 rings (SSSR count). The molecule has 0 bridgehead atoms. The number of hydroxylamine groups is 1. The zero-order valence-electron chi connectivity index (χ0n) is 20.5. The first kappa shape index (κ1) is 24.7. The number of anilines is 4. The van der Waals surface area contributed by atoms with Gasteiger partial charge in [0.2, 0.25) is 17.8 Å². The molecule has 33 heavy (non-hydrogen) atoms. The van der Waals surface area contributed by atoms with Crippen LogP contribution in [0.3, 0.4) is 0 Å². The summed E-state index contributed by atoms with van der Waals surface area (Å²) in [4.78, 5) is 33.3. The zero-order valence-corrected chi connectivity index (χ0v) is 20.5. The fourth-order valence-electron chi connectivity index (χ4n) is 3.61. The van der Waals surface area contributed by atoms with E-state index in [-0.39, 0.29) is 17.4 Å². The highest BCUT2D eigenvalue weighted by atomic mass is 16.6. The Balaban J connectivity index is 1.89. The molecule has 1 amide bonds. The van der Waals surface area contributed by atoms with Gasteiger partial charge < -0.3 is 20.9 Å². The van der Waals surface area contributed by atoms with Gasteiger partial charge in [0.25, 0.3) is 5.91 Å². The first-order valence-corrected chi connectivity index (χ1v) is 11.4. The minimum absolute atomic E-state index is 0.0801. The number of rotatable bonds is 9. The first-order chi connectivity index (χ1) is 15.6. The van der Waals surface area contributed by atoms with Crippen molar-refractivity contribution in [2.24, 2.45) is 5.41 Å². The van der Waals surface area contributed by atoms with Crippen molar-refractivity contribution in [3.63, 3.8) is 0 Å². The molecule has 180 valence electrons. The summed E-state index contributed by atoms with van der Waals surface area (Å²) in [6.07, 6.45) is 1.01. The summed E-state index contributed by atoms with van der Waals surface area (Å²) in [5.41, 5.74) is 4.68. The lowest BCUT2D eigenvalue weighted by Crippen LogP contribution is -2.31. The second-order valence-electron chi connectivity index (χ2n) is 9.55. The predicted molar refractivity (Wildman–Crippen MR) is 131 cm³/mol. The van der Waals surface area contributed by atoms with Gasteiger partial charge in [0.1, 0.15) is 0 Å². The summed E-state index contributed by atoms with van der Waals surface area (Å²) >= 11 is 0. The molecular weight excluding hydrogens is 420 g/mol. The van der Waals surface area contributed by atoms with Crippen LogP contribution >= 0.6 is 0 Å². The second kappa shape index (κ2) is 10.8. The molecule has 1 aromatic heterocycles. The number of carbonyl (C=O) groups is 1. The van der Waals surface area contributed by atoms with Gasteiger partial charge in [-0.2, -0.15) is 15.0 Å². The fraction of sp³-hybridized carbons (Fsp3) is 0.565. The van der Waals surface area contributed by atoms with Crippen molar-refractivity contribution in [1.82, 2.24) is 25.7 Å². The van der Waals surface area contributed by atoms with Crippen LogP contribution in [-0.4, -0.2) is 60.2 Å². The van der Waals surface area contributed by atoms with E-state index in [1.165, 1.54) is 0 Å². The van der Waals surface area contributed by atoms with E-state index in [9.17, 15) is 4.79 Å². The molecule has 0 radical (unpaired) electrons. The number of carbonyl (C=O) groups excluding carboxylic acids is 1. The molecule has 1 saturated heterocycles. The monoisotopic (exact) mass is 456 g/mol. The minimum Gasteiger partial charge on any atom is -0.350 e. The molecular formula is C23H36N8O2. The van der Waals surface area contributed by atoms with E-state index in [1.807, 2.05) is 31.9 Å². The van der Waals surface area contributed by atoms with Gasteiger partial charge in [0.05, 0.1) is 6.61 Å². The molecule has 1 fully saturated rings. The van der Waals surface area contributed by atoms with E-state index in [0.717, 1.165) is 37.3 Å². The standard InChI is InChI=1S/C23H36N8O2/c1-7-33-30-19(32)16-9-8-15(2)18(12-16)26-21-27-20(25-17-10-11-24-13-17)28-22(29-21)31(6)14-23(3,4)5/h8-9,12,17,24H,7,10-11,13-14H2,1-6H3,(H,30,32)(H2,25,26,27,28,29)/t17-/m1/s1. The molecule has 0 spiro atoms. The third-order valence-electron chi connectivity index (χ3n) is 5.13. The summed E-state index contributed by atoms with van der Waals surface area (Å²) in [6, 6.07) is 5.67. The number of aryl methyl sites for hydroxylation is 1. The van der Waals surface area contributed by atoms with Crippen molar-refractivity contribution in [2.75, 3.05) is 48.8 Å². The van der Waals surface area contributed by atoms with Gasteiger partial charge in [-0.3, -0.25) is 9.63 Å². The summed E-state index contributed by atoms with van der Waals surface area (Å²) in [7, 11) is 1.98. The Hall–Kier alpha value is -2.98. The second-order valence-corrected chi connectivity index (χ2v) is 9.55. The molecule has 2 heterocycles.